The van der Waals surface area contributed by atoms with E-state index < -0.39 is 59.2 Å². The molecule has 1 aromatic heterocycles. The molecule has 14 heteroatoms. The van der Waals surface area contributed by atoms with Crippen molar-refractivity contribution in [2.24, 2.45) is 17.8 Å². The summed E-state index contributed by atoms with van der Waals surface area (Å²) in [4.78, 5) is 62.7. The van der Waals surface area contributed by atoms with E-state index in [2.05, 4.69) is 12.2 Å². The summed E-state index contributed by atoms with van der Waals surface area (Å²) < 4.78 is 48.8. The fourth-order valence-electron chi connectivity index (χ4n) is 7.71. The van der Waals surface area contributed by atoms with Crippen LogP contribution < -0.4 is 5.32 Å². The number of carbonyl (C=O) groups excluding carboxylic acids is 4. The zero-order valence-electron chi connectivity index (χ0n) is 34.0. The molecule has 2 saturated heterocycles. The molecule has 4 atom stereocenters. The topological polar surface area (TPSA) is 132 Å². The highest BCUT2D eigenvalue weighted by Gasteiger charge is 2.46. The molecule has 0 unspecified atom stereocenters. The third kappa shape index (κ3) is 11.6. The van der Waals surface area contributed by atoms with Crippen LogP contribution in [0.15, 0.2) is 54.7 Å². The lowest BCUT2D eigenvalue weighted by molar-refractivity contribution is -0.160. The largest absolute Gasteiger partial charge is 0.453 e. The van der Waals surface area contributed by atoms with Gasteiger partial charge in [0.25, 0.3) is 5.91 Å². The number of hydrogen-bond donors (Lipinski definition) is 1. The molecule has 5 rings (SSSR count). The molecule has 3 aromatic rings. The second-order valence-electron chi connectivity index (χ2n) is 16.1. The predicted molar refractivity (Wildman–Crippen MR) is 210 cm³/mol. The second-order valence-corrected chi connectivity index (χ2v) is 16.1. The van der Waals surface area contributed by atoms with Crippen molar-refractivity contribution in [3.8, 4) is 11.3 Å². The fraction of sp³-hybridized carbons (Fsp3) is 0.558. The molecule has 2 fully saturated rings. The smallest absolute Gasteiger partial charge is 0.410 e. The standard InChI is InChI=1S/C43H57F2N5O7/c1-7-8-12-19-46-40(52)35-26-49(42(54)57-43(4,5)6)24-32(35)25-50(41(53)28(2)56-29(3)51)38(31-17-20-55-21-18-31)39-47-37(34-22-33(44)15-16-36(34)45)27-48(39)23-30-13-10-9-11-14-30/h9-11,13-16,22,27-28,31-32,35,38H,7-8,12,17-21,23-26H2,1-6H3,(H,46,52)/t28-,32-,35+,38+/m0/s1. The number of ether oxygens (including phenoxy) is 3. The van der Waals surface area contributed by atoms with Crippen molar-refractivity contribution in [2.75, 3.05) is 39.4 Å². The maximum absolute atomic E-state index is 15.4. The highest BCUT2D eigenvalue weighted by atomic mass is 19.1. The van der Waals surface area contributed by atoms with Gasteiger partial charge in [-0.3, -0.25) is 14.4 Å². The van der Waals surface area contributed by atoms with Crippen LogP contribution in [-0.4, -0.2) is 94.3 Å². The molecule has 0 bridgehead atoms. The molecule has 2 aromatic carbocycles. The Labute approximate surface area is 334 Å². The van der Waals surface area contributed by atoms with Gasteiger partial charge < -0.3 is 33.9 Å². The third-order valence-electron chi connectivity index (χ3n) is 10.4. The number of imidazole rings is 1. The van der Waals surface area contributed by atoms with E-state index in [0.29, 0.717) is 45.0 Å². The lowest BCUT2D eigenvalue weighted by Gasteiger charge is -2.41. The van der Waals surface area contributed by atoms with Gasteiger partial charge >= 0.3 is 12.1 Å². The third-order valence-corrected chi connectivity index (χ3v) is 10.4. The summed E-state index contributed by atoms with van der Waals surface area (Å²) in [7, 11) is 0. The number of rotatable bonds is 15. The molecule has 0 radical (unpaired) electrons. The van der Waals surface area contributed by atoms with E-state index in [1.54, 1.807) is 31.9 Å². The lowest BCUT2D eigenvalue weighted by Crippen LogP contribution is -2.50. The van der Waals surface area contributed by atoms with Crippen molar-refractivity contribution >= 4 is 23.9 Å². The molecule has 2 aliphatic heterocycles. The molecule has 0 spiro atoms. The zero-order valence-corrected chi connectivity index (χ0v) is 34.0. The molecule has 0 aliphatic carbocycles. The van der Waals surface area contributed by atoms with E-state index in [1.165, 1.54) is 18.7 Å². The van der Waals surface area contributed by atoms with E-state index in [-0.39, 0.29) is 42.7 Å². The average Bonchev–Trinajstić information content (AvgIpc) is 3.78. The van der Waals surface area contributed by atoms with Crippen LogP contribution in [0.2, 0.25) is 0 Å². The number of benzene rings is 2. The van der Waals surface area contributed by atoms with Crippen molar-refractivity contribution in [3.05, 3.63) is 77.8 Å². The van der Waals surface area contributed by atoms with Gasteiger partial charge in [0.2, 0.25) is 5.91 Å². The van der Waals surface area contributed by atoms with Crippen LogP contribution in [0.25, 0.3) is 11.3 Å². The summed E-state index contributed by atoms with van der Waals surface area (Å²) in [5.74, 6) is -3.77. The van der Waals surface area contributed by atoms with Crippen molar-refractivity contribution in [2.45, 2.75) is 97.9 Å². The quantitative estimate of drug-likeness (QED) is 0.130. The monoisotopic (exact) mass is 793 g/mol. The number of hydrogen-bond acceptors (Lipinski definition) is 8. The summed E-state index contributed by atoms with van der Waals surface area (Å²) in [5.41, 5.74) is 0.264. The van der Waals surface area contributed by atoms with Crippen LogP contribution in [-0.2, 0) is 35.1 Å². The Morgan fingerprint density at radius 1 is 1.04 bits per heavy atom. The number of carbonyl (C=O) groups is 4. The maximum atomic E-state index is 15.4. The van der Waals surface area contributed by atoms with Crippen LogP contribution in [0.5, 0.6) is 0 Å². The van der Waals surface area contributed by atoms with E-state index in [0.717, 1.165) is 43.0 Å². The molecular weight excluding hydrogens is 736 g/mol. The Hall–Kier alpha value is -4.85. The van der Waals surface area contributed by atoms with Gasteiger partial charge in [-0.25, -0.2) is 18.6 Å². The normalized spacial score (nSPS) is 18.5. The fourth-order valence-corrected chi connectivity index (χ4v) is 7.71. The first kappa shape index (κ1) is 43.3. The summed E-state index contributed by atoms with van der Waals surface area (Å²) in [5, 5.41) is 3.05. The number of nitrogens with zero attached hydrogens (tertiary/aromatic N) is 4. The van der Waals surface area contributed by atoms with Gasteiger partial charge in [0.05, 0.1) is 17.7 Å². The molecule has 57 heavy (non-hydrogen) atoms. The van der Waals surface area contributed by atoms with Crippen molar-refractivity contribution in [1.29, 1.82) is 0 Å². The number of esters is 1. The highest BCUT2D eigenvalue weighted by molar-refractivity contribution is 5.84. The average molecular weight is 794 g/mol. The summed E-state index contributed by atoms with van der Waals surface area (Å²) in [6.07, 6.45) is 3.67. The Bertz CT molecular complexity index is 1840. The second kappa shape index (κ2) is 19.5. The number of likely N-dealkylation sites (tertiary alicyclic amines) is 1. The van der Waals surface area contributed by atoms with Gasteiger partial charge in [-0.2, -0.15) is 0 Å². The van der Waals surface area contributed by atoms with Crippen LogP contribution in [0, 0.1) is 29.4 Å². The lowest BCUT2D eigenvalue weighted by atomic mass is 9.87. The molecule has 1 N–H and O–H groups in total. The minimum absolute atomic E-state index is 0.0132. The Morgan fingerprint density at radius 3 is 2.42 bits per heavy atom. The van der Waals surface area contributed by atoms with Gasteiger partial charge in [0, 0.05) is 70.5 Å². The van der Waals surface area contributed by atoms with Crippen molar-refractivity contribution in [1.82, 2.24) is 24.7 Å². The van der Waals surface area contributed by atoms with Crippen LogP contribution in [0.4, 0.5) is 13.6 Å². The first-order chi connectivity index (χ1) is 27.1. The van der Waals surface area contributed by atoms with Gasteiger partial charge in [-0.1, -0.05) is 50.1 Å². The molecule has 2 aliphatic rings. The molecule has 310 valence electrons. The molecular formula is C43H57F2N5O7. The first-order valence-electron chi connectivity index (χ1n) is 20.0. The Kier molecular flexibility index (Phi) is 14.8. The highest BCUT2D eigenvalue weighted by Crippen LogP contribution is 2.39. The zero-order chi connectivity index (χ0) is 41.3. The summed E-state index contributed by atoms with van der Waals surface area (Å²) >= 11 is 0. The Balaban J connectivity index is 1.65. The van der Waals surface area contributed by atoms with Crippen LogP contribution in [0.3, 0.4) is 0 Å². The van der Waals surface area contributed by atoms with E-state index >= 15 is 4.39 Å². The number of halogens is 2. The van der Waals surface area contributed by atoms with Gasteiger partial charge in [0.15, 0.2) is 6.10 Å². The molecule has 3 amide bonds. The minimum atomic E-state index is -1.22. The summed E-state index contributed by atoms with van der Waals surface area (Å²) in [6, 6.07) is 12.0. The number of amides is 3. The Morgan fingerprint density at radius 2 is 1.75 bits per heavy atom. The number of nitrogens with one attached hydrogen (secondary N) is 1. The van der Waals surface area contributed by atoms with Crippen LogP contribution in [0.1, 0.15) is 91.1 Å². The molecule has 0 saturated carbocycles. The number of aromatic nitrogens is 2. The van der Waals surface area contributed by atoms with Crippen molar-refractivity contribution in [3.63, 3.8) is 0 Å². The van der Waals surface area contributed by atoms with Crippen LogP contribution >= 0.6 is 0 Å². The minimum Gasteiger partial charge on any atom is -0.453 e. The van der Waals surface area contributed by atoms with Crippen molar-refractivity contribution < 1.29 is 42.2 Å². The van der Waals surface area contributed by atoms with Gasteiger partial charge in [-0.15, -0.1) is 0 Å². The first-order valence-corrected chi connectivity index (χ1v) is 20.0. The van der Waals surface area contributed by atoms with E-state index in [4.69, 9.17) is 19.2 Å². The van der Waals surface area contributed by atoms with E-state index in [9.17, 15) is 23.6 Å². The molecule has 3 heterocycles. The van der Waals surface area contributed by atoms with Gasteiger partial charge in [0.1, 0.15) is 23.1 Å². The van der Waals surface area contributed by atoms with E-state index in [1.807, 2.05) is 34.9 Å². The van der Waals surface area contributed by atoms with Gasteiger partial charge in [-0.05, 0) is 76.6 Å². The number of unbranched alkanes of at least 4 members (excludes halogenated alkanes) is 2. The predicted octanol–water partition coefficient (Wildman–Crippen LogP) is 6.91. The maximum Gasteiger partial charge on any atom is 0.410 e. The summed E-state index contributed by atoms with van der Waals surface area (Å²) in [6.45, 7) is 11.9. The molecule has 12 nitrogen and oxygen atoms in total. The SMILES string of the molecule is CCCCCNC(=O)[C@@H]1CN(C(=O)OC(C)(C)C)C[C@H]1CN(C(=O)[C@H](C)OC(C)=O)[C@@H](c1nc(-c2cc(F)ccc2F)cn1Cc1ccccc1)C1CCOCC1.